The average Bonchev–Trinajstić information content (AvgIpc) is 2.38. The number of carbonyl (C=O) groups excluding carboxylic acids is 2. The molecule has 0 atom stereocenters. The van der Waals surface area contributed by atoms with Crippen molar-refractivity contribution >= 4 is 31.3 Å². The quantitative estimate of drug-likeness (QED) is 0.774. The molecule has 0 heterocycles. The molecule has 0 aliphatic heterocycles. The summed E-state index contributed by atoms with van der Waals surface area (Å²) in [7, 11) is 0. The van der Waals surface area contributed by atoms with Crippen molar-refractivity contribution in [3.05, 3.63) is 30.3 Å². The Morgan fingerprint density at radius 3 is 1.88 bits per heavy atom. The molecule has 0 saturated carbocycles. The van der Waals surface area contributed by atoms with Crippen LogP contribution in [0.25, 0.3) is 0 Å². The number of amides is 2. The van der Waals surface area contributed by atoms with Gasteiger partial charge in [-0.15, -0.1) is 0 Å². The van der Waals surface area contributed by atoms with Crippen molar-refractivity contribution in [1.29, 1.82) is 0 Å². The van der Waals surface area contributed by atoms with Crippen molar-refractivity contribution in [1.82, 2.24) is 8.47 Å². The second kappa shape index (κ2) is 7.12. The SMILES string of the molecule is CCC(=O)N[As](NC(=O)CC)c1ccccc1. The molecular formula is C12H17AsN2O2. The molecule has 0 spiro atoms. The fraction of sp³-hybridized carbons (Fsp3) is 0.333. The van der Waals surface area contributed by atoms with Gasteiger partial charge in [-0.2, -0.15) is 0 Å². The molecule has 1 aromatic carbocycles. The molecule has 4 nitrogen and oxygen atoms in total. The minimum absolute atomic E-state index is 0.0229. The molecule has 17 heavy (non-hydrogen) atoms. The van der Waals surface area contributed by atoms with Crippen molar-refractivity contribution in [2.75, 3.05) is 0 Å². The summed E-state index contributed by atoms with van der Waals surface area (Å²) in [6.07, 6.45) is 0.861. The van der Waals surface area contributed by atoms with Crippen LogP contribution in [0.15, 0.2) is 30.3 Å². The van der Waals surface area contributed by atoms with Gasteiger partial charge < -0.3 is 0 Å². The molecule has 0 saturated heterocycles. The van der Waals surface area contributed by atoms with Crippen LogP contribution in [0.4, 0.5) is 0 Å². The first-order valence-electron chi connectivity index (χ1n) is 5.61. The molecule has 0 aliphatic rings. The van der Waals surface area contributed by atoms with E-state index in [1.807, 2.05) is 30.3 Å². The van der Waals surface area contributed by atoms with Crippen molar-refractivity contribution in [3.63, 3.8) is 0 Å². The van der Waals surface area contributed by atoms with Gasteiger partial charge in [0.05, 0.1) is 0 Å². The molecule has 2 amide bonds. The number of nitrogens with one attached hydrogen (secondary N) is 2. The molecule has 5 heteroatoms. The van der Waals surface area contributed by atoms with Crippen LogP contribution in [0.1, 0.15) is 26.7 Å². The number of carbonyl (C=O) groups is 2. The number of hydrogen-bond acceptors (Lipinski definition) is 2. The van der Waals surface area contributed by atoms with Crippen molar-refractivity contribution in [3.8, 4) is 0 Å². The van der Waals surface area contributed by atoms with Gasteiger partial charge in [-0.25, -0.2) is 0 Å². The molecule has 0 aromatic heterocycles. The molecule has 1 rings (SSSR count). The molecule has 0 radical (unpaired) electrons. The van der Waals surface area contributed by atoms with Gasteiger partial charge in [-0.3, -0.25) is 0 Å². The summed E-state index contributed by atoms with van der Waals surface area (Å²) in [5, 5.41) is 0. The van der Waals surface area contributed by atoms with Gasteiger partial charge in [-0.05, 0) is 0 Å². The fourth-order valence-corrected chi connectivity index (χ4v) is 4.50. The normalized spacial score (nSPS) is 10.1. The Labute approximate surface area is 107 Å². The molecule has 0 fully saturated rings. The van der Waals surface area contributed by atoms with Crippen LogP contribution < -0.4 is 12.8 Å². The third kappa shape index (κ3) is 4.61. The predicted molar refractivity (Wildman–Crippen MR) is 68.7 cm³/mol. The number of rotatable bonds is 5. The van der Waals surface area contributed by atoms with Gasteiger partial charge in [0.1, 0.15) is 0 Å². The molecule has 1 aromatic rings. The van der Waals surface area contributed by atoms with E-state index in [0.29, 0.717) is 12.8 Å². The van der Waals surface area contributed by atoms with Gasteiger partial charge in [0.15, 0.2) is 0 Å². The van der Waals surface area contributed by atoms with Crippen molar-refractivity contribution in [2.45, 2.75) is 26.7 Å². The summed E-state index contributed by atoms with van der Waals surface area (Å²) in [5.74, 6) is -0.0458. The van der Waals surface area contributed by atoms with Crippen LogP contribution in [0, 0.1) is 0 Å². The zero-order valence-corrected chi connectivity index (χ0v) is 11.9. The number of hydrogen-bond donors (Lipinski definition) is 2. The van der Waals surface area contributed by atoms with Crippen LogP contribution >= 0.6 is 0 Å². The summed E-state index contributed by atoms with van der Waals surface area (Å²) < 4.78 is 6.86. The van der Waals surface area contributed by atoms with Gasteiger partial charge in [0.2, 0.25) is 0 Å². The van der Waals surface area contributed by atoms with Crippen LogP contribution in [-0.2, 0) is 9.59 Å². The topological polar surface area (TPSA) is 58.2 Å². The van der Waals surface area contributed by atoms with E-state index in [9.17, 15) is 9.59 Å². The first-order valence-corrected chi connectivity index (χ1v) is 8.43. The maximum atomic E-state index is 11.4. The van der Waals surface area contributed by atoms with Gasteiger partial charge in [0, 0.05) is 0 Å². The van der Waals surface area contributed by atoms with E-state index >= 15 is 0 Å². The zero-order chi connectivity index (χ0) is 12.7. The van der Waals surface area contributed by atoms with Crippen molar-refractivity contribution < 1.29 is 9.59 Å². The number of benzene rings is 1. The zero-order valence-electron chi connectivity index (χ0n) is 10.1. The summed E-state index contributed by atoms with van der Waals surface area (Å²) in [5.41, 5.74) is 0. The van der Waals surface area contributed by atoms with E-state index in [0.717, 1.165) is 4.35 Å². The standard InChI is InChI=1S/C12H17AsN2O2/c1-3-11(16)14-13(15-12(17)4-2)10-8-6-5-7-9-10/h5-9H,3-4H2,1-2H3,(H,14,16)(H,15,17). The Hall–Kier alpha value is -1.28. The van der Waals surface area contributed by atoms with Crippen LogP contribution in [0.5, 0.6) is 0 Å². The molecular weight excluding hydrogens is 279 g/mol. The Balaban J connectivity index is 2.79. The Morgan fingerprint density at radius 2 is 1.47 bits per heavy atom. The Morgan fingerprint density at radius 1 is 1.00 bits per heavy atom. The third-order valence-electron chi connectivity index (χ3n) is 2.13. The third-order valence-corrected chi connectivity index (χ3v) is 5.82. The molecule has 0 bridgehead atoms. The monoisotopic (exact) mass is 296 g/mol. The van der Waals surface area contributed by atoms with Gasteiger partial charge >= 0.3 is 106 Å². The van der Waals surface area contributed by atoms with E-state index in [2.05, 4.69) is 8.47 Å². The fourth-order valence-electron chi connectivity index (χ4n) is 1.14. The predicted octanol–water partition coefficient (Wildman–Crippen LogP) is 0.434. The average molecular weight is 296 g/mol. The van der Waals surface area contributed by atoms with Crippen LogP contribution in [0.3, 0.4) is 0 Å². The molecule has 92 valence electrons. The summed E-state index contributed by atoms with van der Waals surface area (Å²) in [6.45, 7) is 3.60. The minimum atomic E-state index is -2.02. The van der Waals surface area contributed by atoms with Crippen LogP contribution in [0.2, 0.25) is 0 Å². The molecule has 0 aliphatic carbocycles. The first-order chi connectivity index (χ1) is 8.17. The Kier molecular flexibility index (Phi) is 5.78. The molecule has 0 unspecified atom stereocenters. The van der Waals surface area contributed by atoms with E-state index in [4.69, 9.17) is 0 Å². The summed E-state index contributed by atoms with van der Waals surface area (Å²) >= 11 is -2.02. The van der Waals surface area contributed by atoms with E-state index < -0.39 is 15.1 Å². The van der Waals surface area contributed by atoms with E-state index in [-0.39, 0.29) is 11.8 Å². The second-order valence-corrected chi connectivity index (χ2v) is 6.88. The van der Waals surface area contributed by atoms with E-state index in [1.165, 1.54) is 0 Å². The van der Waals surface area contributed by atoms with Gasteiger partial charge in [0.25, 0.3) is 0 Å². The molecule has 2 N–H and O–H groups in total. The summed E-state index contributed by atoms with van der Waals surface area (Å²) in [4.78, 5) is 22.9. The van der Waals surface area contributed by atoms with Crippen LogP contribution in [-0.4, -0.2) is 26.9 Å². The summed E-state index contributed by atoms with van der Waals surface area (Å²) in [6, 6.07) is 9.61. The second-order valence-electron chi connectivity index (χ2n) is 3.45. The first kappa shape index (κ1) is 13.8. The Bertz CT molecular complexity index is 363. The van der Waals surface area contributed by atoms with Crippen molar-refractivity contribution in [2.24, 2.45) is 0 Å². The van der Waals surface area contributed by atoms with Gasteiger partial charge in [-0.1, -0.05) is 0 Å². The maximum absolute atomic E-state index is 11.4. The van der Waals surface area contributed by atoms with E-state index in [1.54, 1.807) is 13.8 Å².